The molecule has 16 heavy (non-hydrogen) atoms. The summed E-state index contributed by atoms with van der Waals surface area (Å²) in [4.78, 5) is 11.2. The zero-order valence-electron chi connectivity index (χ0n) is 10.4. The average Bonchev–Trinajstić information content (AvgIpc) is 2.17. The van der Waals surface area contributed by atoms with Gasteiger partial charge in [0.25, 0.3) is 0 Å². The Balaban J connectivity index is 3.53. The third kappa shape index (κ3) is 9.00. The van der Waals surface area contributed by atoms with Gasteiger partial charge in [-0.15, -0.1) is 0 Å². The van der Waals surface area contributed by atoms with Crippen LogP contribution in [0.5, 0.6) is 0 Å². The van der Waals surface area contributed by atoms with Gasteiger partial charge < -0.3 is 15.2 Å². The molecule has 0 spiro atoms. The fourth-order valence-corrected chi connectivity index (χ4v) is 1.90. The molecule has 0 aliphatic carbocycles. The number of hydrogen-bond donors (Lipinski definition) is 2. The topological polar surface area (TPSA) is 58.6 Å². The van der Waals surface area contributed by atoms with E-state index in [9.17, 15) is 9.90 Å². The lowest BCUT2D eigenvalue weighted by Crippen LogP contribution is -2.42. The lowest BCUT2D eigenvalue weighted by atomic mass is 10.1. The van der Waals surface area contributed by atoms with Gasteiger partial charge in [0.1, 0.15) is 0 Å². The molecule has 1 atom stereocenters. The van der Waals surface area contributed by atoms with E-state index in [4.69, 9.17) is 4.74 Å². The highest BCUT2D eigenvalue weighted by Gasteiger charge is 2.19. The van der Waals surface area contributed by atoms with Gasteiger partial charge in [-0.05, 0) is 19.6 Å². The number of unbranched alkanes of at least 4 members (excludes halogenated alkanes) is 1. The minimum absolute atomic E-state index is 0.161. The van der Waals surface area contributed by atoms with Crippen molar-refractivity contribution in [2.45, 2.75) is 32.3 Å². The molecule has 0 aromatic heterocycles. The molecule has 0 heterocycles. The Morgan fingerprint density at radius 1 is 1.56 bits per heavy atom. The van der Waals surface area contributed by atoms with Gasteiger partial charge in [0, 0.05) is 12.3 Å². The van der Waals surface area contributed by atoms with E-state index in [1.165, 1.54) is 0 Å². The molecular formula is C11H23NO3S. The molecule has 0 aliphatic rings. The summed E-state index contributed by atoms with van der Waals surface area (Å²) >= 11 is 1.58. The minimum Gasteiger partial charge on any atom is -0.465 e. The van der Waals surface area contributed by atoms with Crippen molar-refractivity contribution in [1.82, 2.24) is 5.32 Å². The van der Waals surface area contributed by atoms with E-state index < -0.39 is 5.60 Å². The Morgan fingerprint density at radius 3 is 2.81 bits per heavy atom. The van der Waals surface area contributed by atoms with Crippen LogP contribution in [-0.4, -0.2) is 48.4 Å². The minimum atomic E-state index is -0.775. The largest absolute Gasteiger partial charge is 0.465 e. The third-order valence-corrected chi connectivity index (χ3v) is 2.90. The maximum atomic E-state index is 11.2. The van der Waals surface area contributed by atoms with Crippen LogP contribution < -0.4 is 5.32 Å². The fourth-order valence-electron chi connectivity index (χ4n) is 1.18. The molecule has 5 heteroatoms. The Kier molecular flexibility index (Phi) is 8.70. The van der Waals surface area contributed by atoms with Crippen molar-refractivity contribution in [3.8, 4) is 0 Å². The van der Waals surface area contributed by atoms with E-state index in [0.29, 0.717) is 18.9 Å². The first kappa shape index (κ1) is 15.7. The number of aliphatic hydroxyl groups is 1. The number of carbonyl (C=O) groups excluding carboxylic acids is 1. The van der Waals surface area contributed by atoms with Crippen molar-refractivity contribution < 1.29 is 14.6 Å². The zero-order chi connectivity index (χ0) is 12.4. The third-order valence-electron chi connectivity index (χ3n) is 1.99. The smallest absolute Gasteiger partial charge is 0.319 e. The van der Waals surface area contributed by atoms with Gasteiger partial charge in [-0.3, -0.25) is 4.79 Å². The molecule has 0 aliphatic heterocycles. The maximum Gasteiger partial charge on any atom is 0.319 e. The second kappa shape index (κ2) is 8.84. The van der Waals surface area contributed by atoms with Crippen molar-refractivity contribution >= 4 is 17.7 Å². The number of esters is 1. The molecule has 0 radical (unpaired) electrons. The average molecular weight is 249 g/mol. The Labute approximate surface area is 102 Å². The van der Waals surface area contributed by atoms with Gasteiger partial charge in [-0.2, -0.15) is 11.8 Å². The molecule has 1 unspecified atom stereocenters. The van der Waals surface area contributed by atoms with E-state index in [1.807, 2.05) is 13.2 Å². The van der Waals surface area contributed by atoms with Crippen molar-refractivity contribution in [2.24, 2.45) is 0 Å². The Bertz CT molecular complexity index is 198. The molecule has 0 rings (SSSR count). The predicted molar refractivity (Wildman–Crippen MR) is 67.7 cm³/mol. The summed E-state index contributed by atoms with van der Waals surface area (Å²) in [5.41, 5.74) is -0.775. The highest BCUT2D eigenvalue weighted by Crippen LogP contribution is 2.08. The highest BCUT2D eigenvalue weighted by atomic mass is 32.2. The molecule has 0 amide bonds. The van der Waals surface area contributed by atoms with Crippen LogP contribution >= 0.6 is 11.8 Å². The van der Waals surface area contributed by atoms with Gasteiger partial charge in [0.15, 0.2) is 0 Å². The number of hydrogen-bond acceptors (Lipinski definition) is 5. The normalized spacial score (nSPS) is 14.5. The number of thioether (sulfide) groups is 1. The first-order valence-corrected chi connectivity index (χ1v) is 6.99. The summed E-state index contributed by atoms with van der Waals surface area (Å²) in [6.45, 7) is 4.84. The summed E-state index contributed by atoms with van der Waals surface area (Å²) in [6.07, 6.45) is 3.85. The molecule has 0 saturated carbocycles. The van der Waals surface area contributed by atoms with Crippen LogP contribution in [0.25, 0.3) is 0 Å². The van der Waals surface area contributed by atoms with E-state index in [-0.39, 0.29) is 12.5 Å². The molecule has 0 fully saturated rings. The summed E-state index contributed by atoms with van der Waals surface area (Å²) in [5, 5.41) is 12.7. The van der Waals surface area contributed by atoms with Gasteiger partial charge in [0.2, 0.25) is 0 Å². The second-order valence-corrected chi connectivity index (χ2v) is 4.97. The molecule has 2 N–H and O–H groups in total. The summed E-state index contributed by atoms with van der Waals surface area (Å²) < 4.78 is 4.97. The summed E-state index contributed by atoms with van der Waals surface area (Å²) in [6, 6.07) is 0. The van der Waals surface area contributed by atoms with Gasteiger partial charge in [-0.1, -0.05) is 13.3 Å². The lowest BCUT2D eigenvalue weighted by Gasteiger charge is -2.22. The monoisotopic (exact) mass is 249 g/mol. The molecule has 0 aromatic rings. The van der Waals surface area contributed by atoms with E-state index in [1.54, 1.807) is 18.7 Å². The van der Waals surface area contributed by atoms with Crippen LogP contribution in [0.15, 0.2) is 0 Å². The van der Waals surface area contributed by atoms with Crippen molar-refractivity contribution in [3.63, 3.8) is 0 Å². The lowest BCUT2D eigenvalue weighted by molar-refractivity contribution is -0.142. The van der Waals surface area contributed by atoms with Crippen LogP contribution in [0.1, 0.15) is 26.7 Å². The second-order valence-electron chi connectivity index (χ2n) is 4.11. The van der Waals surface area contributed by atoms with Crippen LogP contribution in [0.2, 0.25) is 0 Å². The van der Waals surface area contributed by atoms with E-state index in [2.05, 4.69) is 5.32 Å². The Hall–Kier alpha value is -0.260. The van der Waals surface area contributed by atoms with E-state index >= 15 is 0 Å². The van der Waals surface area contributed by atoms with Gasteiger partial charge in [0.05, 0.1) is 18.8 Å². The number of nitrogens with one attached hydrogen (secondary N) is 1. The van der Waals surface area contributed by atoms with Crippen molar-refractivity contribution in [1.29, 1.82) is 0 Å². The highest BCUT2D eigenvalue weighted by molar-refractivity contribution is 7.98. The summed E-state index contributed by atoms with van der Waals surface area (Å²) in [7, 11) is 0. The Morgan fingerprint density at radius 2 is 2.25 bits per heavy atom. The van der Waals surface area contributed by atoms with Crippen LogP contribution in [-0.2, 0) is 9.53 Å². The fraction of sp³-hybridized carbons (Fsp3) is 0.909. The number of carbonyl (C=O) groups is 1. The predicted octanol–water partition coefficient (Wildman–Crippen LogP) is 1.03. The molecule has 0 bridgehead atoms. The SMILES string of the molecule is CCCCOC(=O)CNCC(C)(O)CSC. The number of ether oxygens (including phenoxy) is 1. The van der Waals surface area contributed by atoms with Crippen LogP contribution in [0, 0.1) is 0 Å². The van der Waals surface area contributed by atoms with E-state index in [0.717, 1.165) is 12.8 Å². The zero-order valence-corrected chi connectivity index (χ0v) is 11.2. The standard InChI is InChI=1S/C11H23NO3S/c1-4-5-6-15-10(13)7-12-8-11(2,14)9-16-3/h12,14H,4-9H2,1-3H3. The van der Waals surface area contributed by atoms with Crippen molar-refractivity contribution in [3.05, 3.63) is 0 Å². The molecule has 0 aromatic carbocycles. The first-order chi connectivity index (χ1) is 7.52. The number of rotatable bonds is 9. The molecular weight excluding hydrogens is 226 g/mol. The quantitative estimate of drug-likeness (QED) is 0.472. The van der Waals surface area contributed by atoms with Crippen LogP contribution in [0.3, 0.4) is 0 Å². The van der Waals surface area contributed by atoms with Gasteiger partial charge in [-0.25, -0.2) is 0 Å². The molecule has 0 saturated heterocycles. The molecule has 96 valence electrons. The maximum absolute atomic E-state index is 11.2. The summed E-state index contributed by atoms with van der Waals surface area (Å²) in [5.74, 6) is 0.388. The molecule has 4 nitrogen and oxygen atoms in total. The first-order valence-electron chi connectivity index (χ1n) is 5.59. The van der Waals surface area contributed by atoms with Gasteiger partial charge >= 0.3 is 5.97 Å². The van der Waals surface area contributed by atoms with Crippen molar-refractivity contribution in [2.75, 3.05) is 31.7 Å². The van der Waals surface area contributed by atoms with Crippen LogP contribution in [0.4, 0.5) is 0 Å².